The number of carbonyl (C=O) groups excluding carboxylic acids is 3. The van der Waals surface area contributed by atoms with Gasteiger partial charge in [-0.25, -0.2) is 18.2 Å². The van der Waals surface area contributed by atoms with E-state index in [1.165, 1.54) is 29.4 Å². The van der Waals surface area contributed by atoms with Crippen molar-refractivity contribution in [3.8, 4) is 6.07 Å². The van der Waals surface area contributed by atoms with E-state index in [0.717, 1.165) is 12.3 Å². The Bertz CT molecular complexity index is 1490. The van der Waals surface area contributed by atoms with Gasteiger partial charge >= 0.3 is 0 Å². The number of anilines is 1. The van der Waals surface area contributed by atoms with E-state index in [4.69, 9.17) is 0 Å². The zero-order chi connectivity index (χ0) is 28.4. The number of nitrogens with zero attached hydrogens (tertiary/aromatic N) is 4. The number of rotatable bonds is 8. The van der Waals surface area contributed by atoms with E-state index in [0.29, 0.717) is 5.56 Å². The molecule has 0 spiro atoms. The van der Waals surface area contributed by atoms with Crippen molar-refractivity contribution in [2.75, 3.05) is 4.90 Å². The van der Waals surface area contributed by atoms with Crippen LogP contribution in [0.2, 0.25) is 0 Å². The van der Waals surface area contributed by atoms with E-state index in [1.807, 2.05) is 6.07 Å². The predicted molar refractivity (Wildman–Crippen MR) is 137 cm³/mol. The summed E-state index contributed by atoms with van der Waals surface area (Å²) in [5.41, 5.74) is 0.751. The van der Waals surface area contributed by atoms with Gasteiger partial charge in [0.25, 0.3) is 5.92 Å². The normalized spacial score (nSPS) is 19.8. The maximum absolute atomic E-state index is 14.4. The van der Waals surface area contributed by atoms with E-state index in [2.05, 4.69) is 15.3 Å². The monoisotopic (exact) mass is 547 g/mol. The summed E-state index contributed by atoms with van der Waals surface area (Å²) in [5.74, 6) is -7.68. The number of carbonyl (C=O) groups is 3. The van der Waals surface area contributed by atoms with Crippen molar-refractivity contribution in [2.24, 2.45) is 0 Å². The van der Waals surface area contributed by atoms with Crippen LogP contribution >= 0.6 is 0 Å². The molecule has 8 nitrogen and oxygen atoms in total. The fraction of sp³-hybridized carbons (Fsp3) is 0.310. The van der Waals surface area contributed by atoms with Gasteiger partial charge in [-0.15, -0.1) is 0 Å². The molecule has 3 aromatic rings. The molecule has 2 amide bonds. The molecule has 11 heteroatoms. The molecule has 1 N–H and O–H groups in total. The average molecular weight is 548 g/mol. The Morgan fingerprint density at radius 1 is 1.07 bits per heavy atom. The summed E-state index contributed by atoms with van der Waals surface area (Å²) < 4.78 is 41.5. The smallest absolute Gasteiger partial charge is 0.252 e. The van der Waals surface area contributed by atoms with Gasteiger partial charge in [-0.2, -0.15) is 5.26 Å². The second kappa shape index (κ2) is 10.9. The van der Waals surface area contributed by atoms with Crippen molar-refractivity contribution in [3.63, 3.8) is 0 Å². The molecule has 1 saturated heterocycles. The number of halogens is 3. The van der Waals surface area contributed by atoms with Gasteiger partial charge in [0, 0.05) is 37.7 Å². The van der Waals surface area contributed by atoms with Gasteiger partial charge in [-0.05, 0) is 35.7 Å². The first-order chi connectivity index (χ1) is 19.2. The van der Waals surface area contributed by atoms with E-state index in [-0.39, 0.29) is 29.8 Å². The van der Waals surface area contributed by atoms with Crippen LogP contribution in [-0.2, 0) is 14.4 Å². The van der Waals surface area contributed by atoms with Crippen molar-refractivity contribution < 1.29 is 27.6 Å². The lowest BCUT2D eigenvalue weighted by Crippen LogP contribution is -2.53. The molecule has 1 aliphatic heterocycles. The number of benzene rings is 1. The number of hydrogen-bond donors (Lipinski definition) is 1. The maximum atomic E-state index is 14.4. The standard InChI is InChI=1S/C29H24F3N5O3/c30-20-11-19(15-34-16-20)25(26(18-4-2-1-3-5-18)28(40)36-21-12-29(31,32)13-21)27(39)22-6-7-24(38)37(22)23-10-17(14-33)8-9-35-23/h1-5,8-11,15-16,21-22,25-26H,6-7,12-13H2,(H,36,40)/t22-,25?,26+/m0/s1. The van der Waals surface area contributed by atoms with Crippen LogP contribution in [0, 0.1) is 17.1 Å². The molecule has 5 rings (SSSR count). The molecule has 2 aliphatic rings. The van der Waals surface area contributed by atoms with Gasteiger partial charge in [0.15, 0.2) is 5.78 Å². The minimum atomic E-state index is -2.88. The number of hydrogen-bond acceptors (Lipinski definition) is 6. The largest absolute Gasteiger partial charge is 0.352 e. The van der Waals surface area contributed by atoms with Gasteiger partial charge < -0.3 is 5.32 Å². The Hall–Kier alpha value is -4.59. The van der Waals surface area contributed by atoms with Crippen LogP contribution in [0.15, 0.2) is 67.1 Å². The highest BCUT2D eigenvalue weighted by molar-refractivity contribution is 6.07. The molecular weight excluding hydrogens is 523 g/mol. The van der Waals surface area contributed by atoms with Crippen LogP contribution < -0.4 is 10.2 Å². The van der Waals surface area contributed by atoms with E-state index >= 15 is 0 Å². The summed E-state index contributed by atoms with van der Waals surface area (Å²) in [5, 5.41) is 11.9. The summed E-state index contributed by atoms with van der Waals surface area (Å²) in [6.45, 7) is 0. The topological polar surface area (TPSA) is 116 Å². The van der Waals surface area contributed by atoms with Crippen LogP contribution in [0.1, 0.15) is 54.2 Å². The third kappa shape index (κ3) is 5.43. The SMILES string of the molecule is N#Cc1ccnc(N2C(=O)CC[C@H]2C(=O)C(c2cncc(F)c2)[C@H](C(=O)NC2CC(F)(F)C2)c2ccccc2)c1. The molecule has 2 aromatic heterocycles. The second-order valence-electron chi connectivity index (χ2n) is 10.0. The summed E-state index contributed by atoms with van der Waals surface area (Å²) >= 11 is 0. The average Bonchev–Trinajstić information content (AvgIpc) is 3.32. The molecule has 0 bridgehead atoms. The Labute approximate surface area is 227 Å². The molecule has 2 fully saturated rings. The number of pyridine rings is 2. The summed E-state index contributed by atoms with van der Waals surface area (Å²) in [4.78, 5) is 50.4. The van der Waals surface area contributed by atoms with Crippen LogP contribution in [-0.4, -0.2) is 45.6 Å². The lowest BCUT2D eigenvalue weighted by molar-refractivity contribution is -0.134. The van der Waals surface area contributed by atoms with Gasteiger partial charge in [-0.3, -0.25) is 24.3 Å². The number of nitriles is 1. The minimum Gasteiger partial charge on any atom is -0.352 e. The number of amides is 2. The number of aromatic nitrogens is 2. The molecule has 40 heavy (non-hydrogen) atoms. The van der Waals surface area contributed by atoms with Crippen LogP contribution in [0.3, 0.4) is 0 Å². The number of Topliss-reactive ketones (excluding diaryl/α,β-unsaturated/α-hetero) is 1. The van der Waals surface area contributed by atoms with E-state index < -0.39 is 66.1 Å². The molecule has 1 unspecified atom stereocenters. The second-order valence-corrected chi connectivity index (χ2v) is 10.0. The summed E-state index contributed by atoms with van der Waals surface area (Å²) in [6, 6.07) is 12.4. The van der Waals surface area contributed by atoms with Crippen LogP contribution in [0.4, 0.5) is 19.0 Å². The third-order valence-corrected chi connectivity index (χ3v) is 7.26. The molecule has 3 heterocycles. The number of ketones is 1. The van der Waals surface area contributed by atoms with Gasteiger partial charge in [-0.1, -0.05) is 30.3 Å². The predicted octanol–water partition coefficient (Wildman–Crippen LogP) is 4.03. The fourth-order valence-corrected chi connectivity index (χ4v) is 5.40. The van der Waals surface area contributed by atoms with Crippen molar-refractivity contribution in [1.29, 1.82) is 5.26 Å². The first-order valence-electron chi connectivity index (χ1n) is 12.7. The minimum absolute atomic E-state index is 0.0162. The molecule has 1 aromatic carbocycles. The Morgan fingerprint density at radius 3 is 2.50 bits per heavy atom. The first-order valence-corrected chi connectivity index (χ1v) is 12.7. The van der Waals surface area contributed by atoms with Crippen LogP contribution in [0.5, 0.6) is 0 Å². The van der Waals surface area contributed by atoms with Gasteiger partial charge in [0.2, 0.25) is 11.8 Å². The number of alkyl halides is 2. The van der Waals surface area contributed by atoms with E-state index in [1.54, 1.807) is 30.3 Å². The number of nitrogens with one attached hydrogen (secondary N) is 1. The summed E-state index contributed by atoms with van der Waals surface area (Å²) in [6.07, 6.45) is 2.67. The van der Waals surface area contributed by atoms with Crippen LogP contribution in [0.25, 0.3) is 0 Å². The van der Waals surface area contributed by atoms with Crippen molar-refractivity contribution in [2.45, 2.75) is 55.5 Å². The first kappa shape index (κ1) is 27.0. The lowest BCUT2D eigenvalue weighted by atomic mass is 9.76. The third-order valence-electron chi connectivity index (χ3n) is 7.26. The fourth-order valence-electron chi connectivity index (χ4n) is 5.40. The highest BCUT2D eigenvalue weighted by Gasteiger charge is 2.49. The molecule has 1 aliphatic carbocycles. The maximum Gasteiger partial charge on any atom is 0.252 e. The molecule has 0 radical (unpaired) electrons. The highest BCUT2D eigenvalue weighted by atomic mass is 19.3. The Kier molecular flexibility index (Phi) is 7.34. The van der Waals surface area contributed by atoms with Crippen molar-refractivity contribution in [3.05, 3.63) is 89.6 Å². The Morgan fingerprint density at radius 2 is 1.82 bits per heavy atom. The van der Waals surface area contributed by atoms with Crippen molar-refractivity contribution >= 4 is 23.4 Å². The molecule has 1 saturated carbocycles. The van der Waals surface area contributed by atoms with Crippen molar-refractivity contribution in [1.82, 2.24) is 15.3 Å². The Balaban J connectivity index is 1.58. The lowest BCUT2D eigenvalue weighted by Gasteiger charge is -2.37. The summed E-state index contributed by atoms with van der Waals surface area (Å²) in [7, 11) is 0. The van der Waals surface area contributed by atoms with E-state index in [9.17, 15) is 32.8 Å². The zero-order valence-electron chi connectivity index (χ0n) is 21.1. The molecular formula is C29H24F3N5O3. The molecule has 204 valence electrons. The van der Waals surface area contributed by atoms with Gasteiger partial charge in [0.1, 0.15) is 11.6 Å². The molecule has 3 atom stereocenters. The quantitative estimate of drug-likeness (QED) is 0.455. The zero-order valence-corrected chi connectivity index (χ0v) is 21.1. The highest BCUT2D eigenvalue weighted by Crippen LogP contribution is 2.41. The van der Waals surface area contributed by atoms with Gasteiger partial charge in [0.05, 0.1) is 35.7 Å².